The zero-order valence-electron chi connectivity index (χ0n) is 10.3. The molecule has 1 aromatic carbocycles. The highest BCUT2D eigenvalue weighted by Crippen LogP contribution is 2.19. The van der Waals surface area contributed by atoms with Gasteiger partial charge in [0.05, 0.1) is 16.0 Å². The smallest absolute Gasteiger partial charge is 0.252 e. The van der Waals surface area contributed by atoms with E-state index in [2.05, 4.69) is 19.2 Å². The summed E-state index contributed by atoms with van der Waals surface area (Å²) in [5, 5.41) is 2.35. The molecule has 0 radical (unpaired) electrons. The topological polar surface area (TPSA) is 29.1 Å². The summed E-state index contributed by atoms with van der Waals surface area (Å²) in [7, 11) is 0. The van der Waals surface area contributed by atoms with Gasteiger partial charge >= 0.3 is 0 Å². The Kier molecular flexibility index (Phi) is 5.89. The van der Waals surface area contributed by atoms with Gasteiger partial charge in [0.15, 0.2) is 0 Å². The molecule has 100 valence electrons. The molecule has 5 heteroatoms. The van der Waals surface area contributed by atoms with Gasteiger partial charge in [-0.15, -0.1) is 11.6 Å². The standard InChI is InChI=1S/C13H16Cl2FNO/c1-8(2)6-9(14)7-17-13(18)10-4-3-5-11(16)12(10)15/h3-5,8-9H,6-7H2,1-2H3,(H,17,18). The van der Waals surface area contributed by atoms with Crippen LogP contribution in [0.1, 0.15) is 30.6 Å². The van der Waals surface area contributed by atoms with Gasteiger partial charge in [-0.3, -0.25) is 4.79 Å². The van der Waals surface area contributed by atoms with Crippen LogP contribution in [0.4, 0.5) is 4.39 Å². The maximum Gasteiger partial charge on any atom is 0.252 e. The molecule has 0 bridgehead atoms. The van der Waals surface area contributed by atoms with Crippen LogP contribution < -0.4 is 5.32 Å². The summed E-state index contributed by atoms with van der Waals surface area (Å²) in [5.41, 5.74) is 0.130. The Bertz CT molecular complexity index is 423. The Morgan fingerprint density at radius 1 is 1.44 bits per heavy atom. The number of carbonyl (C=O) groups is 1. The first kappa shape index (κ1) is 15.3. The first-order valence-electron chi connectivity index (χ1n) is 5.78. The maximum atomic E-state index is 13.2. The van der Waals surface area contributed by atoms with Crippen molar-refractivity contribution < 1.29 is 9.18 Å². The highest BCUT2D eigenvalue weighted by Gasteiger charge is 2.15. The van der Waals surface area contributed by atoms with Crippen molar-refractivity contribution in [2.24, 2.45) is 5.92 Å². The average molecular weight is 292 g/mol. The van der Waals surface area contributed by atoms with Gasteiger partial charge in [-0.05, 0) is 24.5 Å². The normalized spacial score (nSPS) is 12.6. The van der Waals surface area contributed by atoms with Gasteiger partial charge in [0.25, 0.3) is 5.91 Å². The zero-order valence-corrected chi connectivity index (χ0v) is 11.9. The molecule has 0 fully saturated rings. The molecule has 0 spiro atoms. The number of nitrogens with one attached hydrogen (secondary N) is 1. The van der Waals surface area contributed by atoms with E-state index in [0.29, 0.717) is 12.5 Å². The number of hydrogen-bond acceptors (Lipinski definition) is 1. The monoisotopic (exact) mass is 291 g/mol. The molecule has 2 nitrogen and oxygen atoms in total. The molecule has 0 saturated heterocycles. The summed E-state index contributed by atoms with van der Waals surface area (Å²) in [6, 6.07) is 4.14. The summed E-state index contributed by atoms with van der Waals surface area (Å²) < 4.78 is 13.2. The van der Waals surface area contributed by atoms with E-state index < -0.39 is 11.7 Å². The summed E-state index contributed by atoms with van der Waals surface area (Å²) in [6.45, 7) is 4.45. The first-order valence-corrected chi connectivity index (χ1v) is 6.59. The molecule has 18 heavy (non-hydrogen) atoms. The summed E-state index contributed by atoms with van der Waals surface area (Å²) >= 11 is 11.8. The Labute approximate surface area is 116 Å². The lowest BCUT2D eigenvalue weighted by atomic mass is 10.1. The van der Waals surface area contributed by atoms with Gasteiger partial charge in [-0.1, -0.05) is 31.5 Å². The first-order chi connectivity index (χ1) is 8.41. The van der Waals surface area contributed by atoms with Gasteiger partial charge < -0.3 is 5.32 Å². The number of alkyl halides is 1. The second-order valence-corrected chi connectivity index (χ2v) is 5.53. The van der Waals surface area contributed by atoms with Crippen molar-refractivity contribution in [3.05, 3.63) is 34.6 Å². The van der Waals surface area contributed by atoms with E-state index in [9.17, 15) is 9.18 Å². The van der Waals surface area contributed by atoms with Crippen LogP contribution in [0.3, 0.4) is 0 Å². The van der Waals surface area contributed by atoms with Crippen LogP contribution in [0.5, 0.6) is 0 Å². The minimum atomic E-state index is -0.603. The fourth-order valence-electron chi connectivity index (χ4n) is 1.57. The van der Waals surface area contributed by atoms with Crippen molar-refractivity contribution in [1.82, 2.24) is 5.32 Å². The highest BCUT2D eigenvalue weighted by molar-refractivity contribution is 6.34. The van der Waals surface area contributed by atoms with Crippen molar-refractivity contribution in [3.8, 4) is 0 Å². The molecule has 0 aliphatic carbocycles. The van der Waals surface area contributed by atoms with Crippen LogP contribution >= 0.6 is 23.2 Å². The van der Waals surface area contributed by atoms with E-state index in [1.165, 1.54) is 18.2 Å². The van der Waals surface area contributed by atoms with E-state index in [1.54, 1.807) is 0 Å². The summed E-state index contributed by atoms with van der Waals surface area (Å²) in [4.78, 5) is 11.8. The van der Waals surface area contributed by atoms with Crippen LogP contribution in [0.2, 0.25) is 5.02 Å². The molecule has 1 amide bonds. The Morgan fingerprint density at radius 2 is 2.11 bits per heavy atom. The van der Waals surface area contributed by atoms with Crippen LogP contribution in [0.25, 0.3) is 0 Å². The molecule has 0 aliphatic rings. The third-order valence-corrected chi connectivity index (χ3v) is 3.12. The number of hydrogen-bond donors (Lipinski definition) is 1. The Hall–Kier alpha value is -0.800. The van der Waals surface area contributed by atoms with Crippen LogP contribution in [-0.4, -0.2) is 17.8 Å². The number of halogens is 3. The van der Waals surface area contributed by atoms with Gasteiger partial charge in [0.1, 0.15) is 5.82 Å². The van der Waals surface area contributed by atoms with Crippen molar-refractivity contribution in [1.29, 1.82) is 0 Å². The van der Waals surface area contributed by atoms with E-state index in [4.69, 9.17) is 23.2 Å². The van der Waals surface area contributed by atoms with Crippen LogP contribution in [0, 0.1) is 11.7 Å². The fourth-order valence-corrected chi connectivity index (χ4v) is 2.22. The average Bonchev–Trinajstić information content (AvgIpc) is 2.29. The van der Waals surface area contributed by atoms with E-state index in [1.807, 2.05) is 0 Å². The number of carbonyl (C=O) groups excluding carboxylic acids is 1. The predicted octanol–water partition coefficient (Wildman–Crippen LogP) is 3.86. The molecular formula is C13H16Cl2FNO. The molecule has 0 saturated carbocycles. The maximum absolute atomic E-state index is 13.2. The van der Waals surface area contributed by atoms with Crippen LogP contribution in [-0.2, 0) is 0 Å². The molecule has 1 N–H and O–H groups in total. The quantitative estimate of drug-likeness (QED) is 0.820. The third-order valence-electron chi connectivity index (χ3n) is 2.41. The van der Waals surface area contributed by atoms with Gasteiger partial charge in [0, 0.05) is 6.54 Å². The number of benzene rings is 1. The minimum Gasteiger partial charge on any atom is -0.351 e. The van der Waals surface area contributed by atoms with Crippen molar-refractivity contribution >= 4 is 29.1 Å². The van der Waals surface area contributed by atoms with Crippen LogP contribution in [0.15, 0.2) is 18.2 Å². The van der Waals surface area contributed by atoms with Crippen molar-refractivity contribution in [2.45, 2.75) is 25.6 Å². The molecule has 0 aromatic heterocycles. The Morgan fingerprint density at radius 3 is 2.72 bits per heavy atom. The number of rotatable bonds is 5. The van der Waals surface area contributed by atoms with E-state index in [0.717, 1.165) is 6.42 Å². The zero-order chi connectivity index (χ0) is 13.7. The van der Waals surface area contributed by atoms with E-state index in [-0.39, 0.29) is 16.0 Å². The second-order valence-electron chi connectivity index (χ2n) is 4.54. The van der Waals surface area contributed by atoms with E-state index >= 15 is 0 Å². The van der Waals surface area contributed by atoms with Crippen molar-refractivity contribution in [3.63, 3.8) is 0 Å². The minimum absolute atomic E-state index is 0.130. The second kappa shape index (κ2) is 6.95. The molecule has 1 unspecified atom stereocenters. The molecule has 1 atom stereocenters. The molecule has 1 aromatic rings. The molecule has 0 heterocycles. The summed E-state index contributed by atoms with van der Waals surface area (Å²) in [6.07, 6.45) is 0.804. The van der Waals surface area contributed by atoms with Gasteiger partial charge in [-0.2, -0.15) is 0 Å². The van der Waals surface area contributed by atoms with Gasteiger partial charge in [0.2, 0.25) is 0 Å². The lowest BCUT2D eigenvalue weighted by Crippen LogP contribution is -2.30. The Balaban J connectivity index is 2.58. The fraction of sp³-hybridized carbons (Fsp3) is 0.462. The van der Waals surface area contributed by atoms with Gasteiger partial charge in [-0.25, -0.2) is 4.39 Å². The predicted molar refractivity (Wildman–Crippen MR) is 72.8 cm³/mol. The SMILES string of the molecule is CC(C)CC(Cl)CNC(=O)c1cccc(F)c1Cl. The molecule has 0 aliphatic heterocycles. The largest absolute Gasteiger partial charge is 0.351 e. The molecular weight excluding hydrogens is 276 g/mol. The summed E-state index contributed by atoms with van der Waals surface area (Å²) in [5.74, 6) is -0.551. The lowest BCUT2D eigenvalue weighted by molar-refractivity contribution is 0.0952. The third kappa shape index (κ3) is 4.46. The number of amides is 1. The highest BCUT2D eigenvalue weighted by atomic mass is 35.5. The molecule has 1 rings (SSSR count). The van der Waals surface area contributed by atoms with Crippen molar-refractivity contribution in [2.75, 3.05) is 6.54 Å². The lowest BCUT2D eigenvalue weighted by Gasteiger charge is -2.13.